The van der Waals surface area contributed by atoms with Gasteiger partial charge in [-0.25, -0.2) is 4.79 Å². The van der Waals surface area contributed by atoms with Gasteiger partial charge in [0.2, 0.25) is 0 Å². The molecule has 0 aliphatic heterocycles. The van der Waals surface area contributed by atoms with Crippen LogP contribution in [0.15, 0.2) is 23.8 Å². The van der Waals surface area contributed by atoms with Gasteiger partial charge in [0.05, 0.1) is 7.11 Å². The number of hydrogen-bond acceptors (Lipinski definition) is 3. The Morgan fingerprint density at radius 1 is 1.44 bits per heavy atom. The van der Waals surface area contributed by atoms with E-state index in [1.165, 1.54) is 7.11 Å². The minimum absolute atomic E-state index is 0.00875. The fourth-order valence-corrected chi connectivity index (χ4v) is 1.39. The summed E-state index contributed by atoms with van der Waals surface area (Å²) in [5.41, 5.74) is 3.03. The van der Waals surface area contributed by atoms with Crippen molar-refractivity contribution in [2.24, 2.45) is 0 Å². The first kappa shape index (κ1) is 12.0. The maximum atomic E-state index is 11.2. The highest BCUT2D eigenvalue weighted by atomic mass is 16.5. The molecule has 0 aliphatic rings. The van der Waals surface area contributed by atoms with Crippen LogP contribution in [0.3, 0.4) is 0 Å². The van der Waals surface area contributed by atoms with Crippen LogP contribution in [0.4, 0.5) is 0 Å². The topological polar surface area (TPSA) is 50.1 Å². The number of rotatable bonds is 2. The van der Waals surface area contributed by atoms with E-state index >= 15 is 0 Å². The molecule has 0 fully saturated rings. The zero-order chi connectivity index (χ0) is 12.1. The van der Waals surface area contributed by atoms with Crippen molar-refractivity contribution in [1.82, 2.24) is 0 Å². The zero-order valence-corrected chi connectivity index (χ0v) is 9.57. The number of esters is 1. The smallest absolute Gasteiger partial charge is 0.348 e. The van der Waals surface area contributed by atoms with Gasteiger partial charge >= 0.3 is 5.97 Å². The number of hydrogen-bond donors (Lipinski definition) is 0. The molecule has 0 amide bonds. The minimum atomic E-state index is -0.609. The lowest BCUT2D eigenvalue weighted by molar-refractivity contribution is -0.135. The lowest BCUT2D eigenvalue weighted by Gasteiger charge is -2.02. The summed E-state index contributed by atoms with van der Waals surface area (Å²) >= 11 is 0. The summed E-state index contributed by atoms with van der Waals surface area (Å²) in [5.74, 6) is -0.609. The average Bonchev–Trinajstić information content (AvgIpc) is 2.27. The summed E-state index contributed by atoms with van der Waals surface area (Å²) in [4.78, 5) is 11.2. The number of ether oxygens (including phenoxy) is 1. The second-order valence-corrected chi connectivity index (χ2v) is 3.52. The molecular weight excluding hydrogens is 202 g/mol. The van der Waals surface area contributed by atoms with Crippen LogP contribution in [-0.2, 0) is 9.53 Å². The lowest BCUT2D eigenvalue weighted by Crippen LogP contribution is -2.02. The molecule has 0 saturated carbocycles. The molecule has 0 aromatic heterocycles. The fraction of sp³-hybridized carbons (Fsp3) is 0.231. The summed E-state index contributed by atoms with van der Waals surface area (Å²) in [6, 6.07) is 7.64. The monoisotopic (exact) mass is 215 g/mol. The van der Waals surface area contributed by atoms with Crippen LogP contribution in [-0.4, -0.2) is 13.1 Å². The highest BCUT2D eigenvalue weighted by Gasteiger charge is 2.08. The van der Waals surface area contributed by atoms with E-state index in [1.54, 1.807) is 6.08 Å². The highest BCUT2D eigenvalue weighted by molar-refractivity contribution is 5.97. The first-order valence-corrected chi connectivity index (χ1v) is 4.86. The molecule has 0 saturated heterocycles. The molecule has 0 aliphatic carbocycles. The molecule has 0 bridgehead atoms. The molecule has 0 radical (unpaired) electrons. The predicted molar refractivity (Wildman–Crippen MR) is 61.5 cm³/mol. The van der Waals surface area contributed by atoms with Crippen LogP contribution >= 0.6 is 0 Å². The van der Waals surface area contributed by atoms with E-state index in [1.807, 2.05) is 38.1 Å². The Kier molecular flexibility index (Phi) is 3.84. The Labute approximate surface area is 95.0 Å². The van der Waals surface area contributed by atoms with Crippen LogP contribution < -0.4 is 0 Å². The summed E-state index contributed by atoms with van der Waals surface area (Å²) < 4.78 is 4.51. The van der Waals surface area contributed by atoms with Crippen LogP contribution in [0.2, 0.25) is 0 Å². The second kappa shape index (κ2) is 5.13. The number of nitrogens with zero attached hydrogens (tertiary/aromatic N) is 1. The molecule has 0 spiro atoms. The van der Waals surface area contributed by atoms with Crippen LogP contribution in [0, 0.1) is 25.2 Å². The van der Waals surface area contributed by atoms with Gasteiger partial charge in [-0.15, -0.1) is 0 Å². The van der Waals surface area contributed by atoms with Gasteiger partial charge in [-0.2, -0.15) is 5.26 Å². The molecular formula is C13H13NO2. The largest absolute Gasteiger partial charge is 0.465 e. The fourth-order valence-electron chi connectivity index (χ4n) is 1.39. The van der Waals surface area contributed by atoms with E-state index in [2.05, 4.69) is 4.74 Å². The number of nitriles is 1. The number of benzene rings is 1. The Morgan fingerprint density at radius 2 is 2.12 bits per heavy atom. The van der Waals surface area contributed by atoms with Crippen molar-refractivity contribution in [2.45, 2.75) is 13.8 Å². The molecule has 0 unspecified atom stereocenters. The first-order valence-electron chi connectivity index (χ1n) is 4.86. The Balaban J connectivity index is 3.15. The van der Waals surface area contributed by atoms with Crippen molar-refractivity contribution < 1.29 is 9.53 Å². The minimum Gasteiger partial charge on any atom is -0.465 e. The van der Waals surface area contributed by atoms with Gasteiger partial charge in [0, 0.05) is 0 Å². The van der Waals surface area contributed by atoms with E-state index < -0.39 is 5.97 Å². The van der Waals surface area contributed by atoms with Crippen molar-refractivity contribution in [3.8, 4) is 6.07 Å². The Hall–Kier alpha value is -2.08. The Morgan fingerprint density at radius 3 is 2.62 bits per heavy atom. The van der Waals surface area contributed by atoms with Gasteiger partial charge in [-0.1, -0.05) is 23.8 Å². The summed E-state index contributed by atoms with van der Waals surface area (Å²) in [6.07, 6.45) is 1.54. The Bertz CT molecular complexity index is 481. The molecule has 1 rings (SSSR count). The third-order valence-electron chi connectivity index (χ3n) is 2.25. The molecule has 3 nitrogen and oxygen atoms in total. The van der Waals surface area contributed by atoms with E-state index in [9.17, 15) is 4.79 Å². The summed E-state index contributed by atoms with van der Waals surface area (Å²) in [5, 5.41) is 8.82. The summed E-state index contributed by atoms with van der Waals surface area (Å²) in [7, 11) is 1.26. The van der Waals surface area contributed by atoms with E-state index in [-0.39, 0.29) is 5.57 Å². The van der Waals surface area contributed by atoms with Crippen LogP contribution in [0.5, 0.6) is 0 Å². The van der Waals surface area contributed by atoms with Gasteiger partial charge in [0.1, 0.15) is 11.6 Å². The molecule has 1 aromatic carbocycles. The van der Waals surface area contributed by atoms with Crippen molar-refractivity contribution in [1.29, 1.82) is 5.26 Å². The van der Waals surface area contributed by atoms with E-state index in [0.717, 1.165) is 16.7 Å². The molecule has 0 N–H and O–H groups in total. The van der Waals surface area contributed by atoms with Gasteiger partial charge in [0.25, 0.3) is 0 Å². The molecule has 16 heavy (non-hydrogen) atoms. The summed E-state index contributed by atoms with van der Waals surface area (Å²) in [6.45, 7) is 3.93. The number of methoxy groups -OCH3 is 1. The van der Waals surface area contributed by atoms with E-state index in [4.69, 9.17) is 5.26 Å². The standard InChI is InChI=1S/C13H13NO2/c1-9-4-5-11(10(2)6-9)7-12(8-14)13(15)16-3/h4-7H,1-3H3. The number of aryl methyl sites for hydroxylation is 2. The molecule has 3 heteroatoms. The number of carbonyl (C=O) groups is 1. The van der Waals surface area contributed by atoms with Crippen molar-refractivity contribution in [3.63, 3.8) is 0 Å². The normalized spacial score (nSPS) is 10.8. The predicted octanol–water partition coefficient (Wildman–Crippen LogP) is 2.38. The van der Waals surface area contributed by atoms with Crippen molar-refractivity contribution >= 4 is 12.0 Å². The molecule has 0 atom stereocenters. The van der Waals surface area contributed by atoms with Crippen LogP contribution in [0.25, 0.3) is 6.08 Å². The van der Waals surface area contributed by atoms with E-state index in [0.29, 0.717) is 0 Å². The lowest BCUT2D eigenvalue weighted by atomic mass is 10.0. The number of carbonyl (C=O) groups excluding carboxylic acids is 1. The third-order valence-corrected chi connectivity index (χ3v) is 2.25. The van der Waals surface area contributed by atoms with Gasteiger partial charge in [-0.05, 0) is 31.1 Å². The maximum absolute atomic E-state index is 11.2. The maximum Gasteiger partial charge on any atom is 0.348 e. The van der Waals surface area contributed by atoms with Gasteiger partial charge < -0.3 is 4.74 Å². The molecule has 1 aromatic rings. The third kappa shape index (κ3) is 2.71. The van der Waals surface area contributed by atoms with Crippen molar-refractivity contribution in [3.05, 3.63) is 40.5 Å². The van der Waals surface area contributed by atoms with Crippen LogP contribution in [0.1, 0.15) is 16.7 Å². The molecule has 82 valence electrons. The van der Waals surface area contributed by atoms with Gasteiger partial charge in [0.15, 0.2) is 0 Å². The first-order chi connectivity index (χ1) is 7.58. The van der Waals surface area contributed by atoms with Crippen molar-refractivity contribution in [2.75, 3.05) is 7.11 Å². The SMILES string of the molecule is COC(=O)C(C#N)=Cc1ccc(C)cc1C. The average molecular weight is 215 g/mol. The zero-order valence-electron chi connectivity index (χ0n) is 9.57. The van der Waals surface area contributed by atoms with Gasteiger partial charge in [-0.3, -0.25) is 0 Å². The second-order valence-electron chi connectivity index (χ2n) is 3.52. The highest BCUT2D eigenvalue weighted by Crippen LogP contribution is 2.14. The quantitative estimate of drug-likeness (QED) is 0.432. The molecule has 0 heterocycles.